The van der Waals surface area contributed by atoms with Crippen LogP contribution in [0.25, 0.3) is 0 Å². The van der Waals surface area contributed by atoms with Crippen molar-refractivity contribution in [2.45, 2.75) is 58.5 Å². The first-order valence-electron chi connectivity index (χ1n) is 9.22. The number of carbonyl (C=O) groups is 3. The van der Waals surface area contributed by atoms with Crippen LogP contribution in [0.5, 0.6) is 0 Å². The van der Waals surface area contributed by atoms with Gasteiger partial charge in [0.2, 0.25) is 17.7 Å². The Labute approximate surface area is 159 Å². The maximum absolute atomic E-state index is 12.4. The molecular formula is C19H29N3O3S. The van der Waals surface area contributed by atoms with Gasteiger partial charge < -0.3 is 15.5 Å². The van der Waals surface area contributed by atoms with Crippen molar-refractivity contribution in [3.63, 3.8) is 0 Å². The summed E-state index contributed by atoms with van der Waals surface area (Å²) in [6.07, 6.45) is 2.36. The summed E-state index contributed by atoms with van der Waals surface area (Å²) >= 11 is 1.53. The molecule has 0 bridgehead atoms. The SMILES string of the molecule is CC(=O)NC(CC(=O)NC1CCN(C(=O)CC(C)C)CC1)c1cccs1. The van der Waals surface area contributed by atoms with E-state index < -0.39 is 0 Å². The molecule has 1 aromatic rings. The summed E-state index contributed by atoms with van der Waals surface area (Å²) in [5.41, 5.74) is 0. The van der Waals surface area contributed by atoms with Gasteiger partial charge in [0.25, 0.3) is 0 Å². The molecule has 144 valence electrons. The van der Waals surface area contributed by atoms with E-state index in [1.807, 2.05) is 36.3 Å². The number of thiophene rings is 1. The molecule has 2 N–H and O–H groups in total. The second-order valence-corrected chi connectivity index (χ2v) is 8.27. The highest BCUT2D eigenvalue weighted by Crippen LogP contribution is 2.22. The minimum absolute atomic E-state index is 0.0656. The van der Waals surface area contributed by atoms with Crippen LogP contribution in [0.15, 0.2) is 17.5 Å². The van der Waals surface area contributed by atoms with Crippen molar-refractivity contribution in [3.8, 4) is 0 Å². The van der Waals surface area contributed by atoms with Crippen LogP contribution >= 0.6 is 11.3 Å². The third-order valence-corrected chi connectivity index (χ3v) is 5.44. The van der Waals surface area contributed by atoms with Crippen molar-refractivity contribution in [2.24, 2.45) is 5.92 Å². The van der Waals surface area contributed by atoms with Gasteiger partial charge in [-0.15, -0.1) is 11.3 Å². The summed E-state index contributed by atoms with van der Waals surface area (Å²) in [7, 11) is 0. The first-order chi connectivity index (χ1) is 12.3. The second-order valence-electron chi connectivity index (χ2n) is 7.29. The Bertz CT molecular complexity index is 608. The quantitative estimate of drug-likeness (QED) is 0.764. The number of piperidine rings is 1. The van der Waals surface area contributed by atoms with E-state index in [4.69, 9.17) is 0 Å². The van der Waals surface area contributed by atoms with Crippen LogP contribution in [0, 0.1) is 5.92 Å². The highest BCUT2D eigenvalue weighted by molar-refractivity contribution is 7.10. The molecule has 1 aliphatic rings. The Morgan fingerprint density at radius 1 is 1.23 bits per heavy atom. The summed E-state index contributed by atoms with van der Waals surface area (Å²) in [6.45, 7) is 6.93. The lowest BCUT2D eigenvalue weighted by Crippen LogP contribution is -2.47. The second kappa shape index (κ2) is 9.71. The lowest BCUT2D eigenvalue weighted by Gasteiger charge is -2.33. The van der Waals surface area contributed by atoms with E-state index in [2.05, 4.69) is 10.6 Å². The van der Waals surface area contributed by atoms with Crippen LogP contribution in [-0.2, 0) is 14.4 Å². The van der Waals surface area contributed by atoms with Crippen molar-refractivity contribution in [1.82, 2.24) is 15.5 Å². The Kier molecular flexibility index (Phi) is 7.63. The summed E-state index contributed by atoms with van der Waals surface area (Å²) in [5.74, 6) is 0.355. The van der Waals surface area contributed by atoms with E-state index in [0.29, 0.717) is 25.4 Å². The Morgan fingerprint density at radius 2 is 1.92 bits per heavy atom. The first-order valence-corrected chi connectivity index (χ1v) is 10.1. The summed E-state index contributed by atoms with van der Waals surface area (Å²) in [6, 6.07) is 3.64. The Hall–Kier alpha value is -1.89. The molecule has 1 saturated heterocycles. The molecule has 0 aliphatic carbocycles. The smallest absolute Gasteiger partial charge is 0.222 e. The lowest BCUT2D eigenvalue weighted by molar-refractivity contribution is -0.133. The monoisotopic (exact) mass is 379 g/mol. The normalized spacial score (nSPS) is 16.4. The number of hydrogen-bond acceptors (Lipinski definition) is 4. The number of carbonyl (C=O) groups excluding carboxylic acids is 3. The zero-order valence-electron chi connectivity index (χ0n) is 15.8. The standard InChI is InChI=1S/C19H29N3O3S/c1-13(2)11-19(25)22-8-6-15(7-9-22)21-18(24)12-16(20-14(3)23)17-5-4-10-26-17/h4-5,10,13,15-16H,6-9,11-12H2,1-3H3,(H,20,23)(H,21,24). The molecular weight excluding hydrogens is 350 g/mol. The fourth-order valence-corrected chi connectivity index (χ4v) is 3.96. The van der Waals surface area contributed by atoms with Crippen LogP contribution in [-0.4, -0.2) is 41.8 Å². The predicted octanol–water partition coefficient (Wildman–Crippen LogP) is 2.47. The van der Waals surface area contributed by atoms with Crippen molar-refractivity contribution in [1.29, 1.82) is 0 Å². The van der Waals surface area contributed by atoms with Gasteiger partial charge in [-0.3, -0.25) is 14.4 Å². The highest BCUT2D eigenvalue weighted by Gasteiger charge is 2.25. The molecule has 0 radical (unpaired) electrons. The van der Waals surface area contributed by atoms with Crippen molar-refractivity contribution >= 4 is 29.1 Å². The molecule has 1 aliphatic heterocycles. The van der Waals surface area contributed by atoms with Crippen LogP contribution in [0.2, 0.25) is 0 Å². The van der Waals surface area contributed by atoms with Gasteiger partial charge in [-0.05, 0) is 30.2 Å². The molecule has 1 aromatic heterocycles. The summed E-state index contributed by atoms with van der Waals surface area (Å²) < 4.78 is 0. The predicted molar refractivity (Wildman–Crippen MR) is 103 cm³/mol. The van der Waals surface area contributed by atoms with Gasteiger partial charge in [-0.1, -0.05) is 19.9 Å². The van der Waals surface area contributed by atoms with Gasteiger partial charge in [0.1, 0.15) is 0 Å². The number of nitrogens with one attached hydrogen (secondary N) is 2. The van der Waals surface area contributed by atoms with Crippen molar-refractivity contribution in [2.75, 3.05) is 13.1 Å². The Balaban J connectivity index is 1.81. The number of nitrogens with zero attached hydrogens (tertiary/aromatic N) is 1. The van der Waals surface area contributed by atoms with Crippen LogP contribution in [0.1, 0.15) is 57.4 Å². The first kappa shape index (κ1) is 20.4. The molecule has 1 unspecified atom stereocenters. The van der Waals surface area contributed by atoms with Gasteiger partial charge in [-0.2, -0.15) is 0 Å². The fourth-order valence-electron chi connectivity index (χ4n) is 3.18. The largest absolute Gasteiger partial charge is 0.353 e. The average Bonchev–Trinajstić information content (AvgIpc) is 3.08. The molecule has 0 saturated carbocycles. The summed E-state index contributed by atoms with van der Waals surface area (Å²) in [5, 5.41) is 7.85. The van der Waals surface area contributed by atoms with E-state index in [0.717, 1.165) is 17.7 Å². The van der Waals surface area contributed by atoms with Gasteiger partial charge in [0.05, 0.1) is 12.5 Å². The number of hydrogen-bond donors (Lipinski definition) is 2. The minimum atomic E-state index is -0.291. The van der Waals surface area contributed by atoms with E-state index in [1.165, 1.54) is 18.3 Å². The number of rotatable bonds is 7. The van der Waals surface area contributed by atoms with E-state index in [9.17, 15) is 14.4 Å². The van der Waals surface area contributed by atoms with E-state index in [-0.39, 0.29) is 36.2 Å². The highest BCUT2D eigenvalue weighted by atomic mass is 32.1. The minimum Gasteiger partial charge on any atom is -0.353 e. The zero-order valence-corrected chi connectivity index (χ0v) is 16.6. The topological polar surface area (TPSA) is 78.5 Å². The molecule has 6 nitrogen and oxygen atoms in total. The average molecular weight is 380 g/mol. The molecule has 7 heteroatoms. The molecule has 1 fully saturated rings. The van der Waals surface area contributed by atoms with Gasteiger partial charge in [0, 0.05) is 37.4 Å². The molecule has 0 aromatic carbocycles. The number of amides is 3. The molecule has 1 atom stereocenters. The molecule has 2 heterocycles. The molecule has 0 spiro atoms. The number of likely N-dealkylation sites (tertiary alicyclic amines) is 1. The lowest BCUT2D eigenvalue weighted by atomic mass is 10.0. The summed E-state index contributed by atoms with van der Waals surface area (Å²) in [4.78, 5) is 38.8. The van der Waals surface area contributed by atoms with Crippen molar-refractivity contribution in [3.05, 3.63) is 22.4 Å². The third-order valence-electron chi connectivity index (χ3n) is 4.45. The zero-order chi connectivity index (χ0) is 19.1. The third kappa shape index (κ3) is 6.44. The maximum Gasteiger partial charge on any atom is 0.222 e. The van der Waals surface area contributed by atoms with Gasteiger partial charge in [-0.25, -0.2) is 0 Å². The molecule has 3 amide bonds. The molecule has 2 rings (SSSR count). The van der Waals surface area contributed by atoms with Crippen LogP contribution in [0.4, 0.5) is 0 Å². The Morgan fingerprint density at radius 3 is 2.46 bits per heavy atom. The molecule has 26 heavy (non-hydrogen) atoms. The van der Waals surface area contributed by atoms with Crippen molar-refractivity contribution < 1.29 is 14.4 Å². The van der Waals surface area contributed by atoms with Gasteiger partial charge in [0.15, 0.2) is 0 Å². The maximum atomic E-state index is 12.4. The van der Waals surface area contributed by atoms with E-state index in [1.54, 1.807) is 0 Å². The fraction of sp³-hybridized carbons (Fsp3) is 0.632. The van der Waals surface area contributed by atoms with Crippen LogP contribution in [0.3, 0.4) is 0 Å². The van der Waals surface area contributed by atoms with Crippen LogP contribution < -0.4 is 10.6 Å². The van der Waals surface area contributed by atoms with Gasteiger partial charge >= 0.3 is 0 Å². The van der Waals surface area contributed by atoms with E-state index >= 15 is 0 Å².